The molecule has 1 atom stereocenters. The molecule has 1 aliphatic heterocycles. The van der Waals surface area contributed by atoms with Gasteiger partial charge in [-0.1, -0.05) is 12.1 Å². The van der Waals surface area contributed by atoms with Crippen LogP contribution in [0.1, 0.15) is 30.1 Å². The molecule has 0 radical (unpaired) electrons. The van der Waals surface area contributed by atoms with E-state index < -0.39 is 6.10 Å². The monoisotopic (exact) mass is 328 g/mol. The quantitative estimate of drug-likeness (QED) is 0.809. The highest BCUT2D eigenvalue weighted by Gasteiger charge is 2.14. The van der Waals surface area contributed by atoms with Gasteiger partial charge in [-0.15, -0.1) is 0 Å². The molecular formula is C18H24N4O2. The van der Waals surface area contributed by atoms with Crippen LogP contribution >= 0.6 is 0 Å². The number of benzene rings is 1. The first kappa shape index (κ1) is 16.7. The highest BCUT2D eigenvalue weighted by Crippen LogP contribution is 2.17. The molecule has 2 heterocycles. The first-order valence-electron chi connectivity index (χ1n) is 8.35. The van der Waals surface area contributed by atoms with E-state index >= 15 is 0 Å². The van der Waals surface area contributed by atoms with Crippen molar-refractivity contribution in [1.82, 2.24) is 15.3 Å². The molecule has 0 saturated carbocycles. The Labute approximate surface area is 142 Å². The van der Waals surface area contributed by atoms with Gasteiger partial charge >= 0.3 is 0 Å². The Balaban J connectivity index is 1.46. The van der Waals surface area contributed by atoms with Gasteiger partial charge in [0, 0.05) is 44.1 Å². The second kappa shape index (κ2) is 8.08. The van der Waals surface area contributed by atoms with Crippen LogP contribution in [0.4, 0.5) is 5.95 Å². The molecule has 1 fully saturated rings. The molecule has 6 heteroatoms. The van der Waals surface area contributed by atoms with E-state index in [1.165, 1.54) is 12.8 Å². The van der Waals surface area contributed by atoms with E-state index in [4.69, 9.17) is 4.74 Å². The average molecular weight is 328 g/mol. The van der Waals surface area contributed by atoms with Crippen molar-refractivity contribution < 1.29 is 9.84 Å². The summed E-state index contributed by atoms with van der Waals surface area (Å²) in [5.41, 5.74) is 1.88. The minimum Gasteiger partial charge on any atom is -0.497 e. The SMILES string of the molecule is COc1ccc([C@@H](O)CNCc2cnc(N3CCCC3)nc2)cc1. The van der Waals surface area contributed by atoms with Crippen LogP contribution in [0.3, 0.4) is 0 Å². The third-order valence-corrected chi connectivity index (χ3v) is 4.25. The fraction of sp³-hybridized carbons (Fsp3) is 0.444. The number of anilines is 1. The standard InChI is InChI=1S/C18H24N4O2/c1-24-16-6-4-15(5-7-16)17(23)13-19-10-14-11-20-18(21-12-14)22-8-2-3-9-22/h4-7,11-12,17,19,23H,2-3,8-10,13H2,1H3/t17-/m0/s1. The van der Waals surface area contributed by atoms with Crippen LogP contribution in [-0.4, -0.2) is 41.8 Å². The number of ether oxygens (including phenoxy) is 1. The number of aromatic nitrogens is 2. The molecule has 24 heavy (non-hydrogen) atoms. The minimum absolute atomic E-state index is 0.472. The molecule has 0 amide bonds. The Morgan fingerprint density at radius 3 is 2.46 bits per heavy atom. The van der Waals surface area contributed by atoms with E-state index in [9.17, 15) is 5.11 Å². The zero-order valence-corrected chi connectivity index (χ0v) is 14.0. The van der Waals surface area contributed by atoms with Crippen LogP contribution < -0.4 is 15.0 Å². The summed E-state index contributed by atoms with van der Waals surface area (Å²) in [6.45, 7) is 3.20. The summed E-state index contributed by atoms with van der Waals surface area (Å²) in [5, 5.41) is 13.5. The minimum atomic E-state index is -0.555. The van der Waals surface area contributed by atoms with E-state index in [1.54, 1.807) is 7.11 Å². The fourth-order valence-corrected chi connectivity index (χ4v) is 2.82. The Morgan fingerprint density at radius 2 is 1.83 bits per heavy atom. The molecule has 1 aliphatic rings. The van der Waals surface area contributed by atoms with Gasteiger partial charge in [0.05, 0.1) is 13.2 Å². The number of nitrogens with one attached hydrogen (secondary N) is 1. The van der Waals surface area contributed by atoms with Crippen molar-refractivity contribution >= 4 is 5.95 Å². The zero-order valence-electron chi connectivity index (χ0n) is 14.0. The lowest BCUT2D eigenvalue weighted by molar-refractivity contribution is 0.174. The average Bonchev–Trinajstić information content (AvgIpc) is 3.17. The van der Waals surface area contributed by atoms with Crippen LogP contribution in [0, 0.1) is 0 Å². The first-order chi connectivity index (χ1) is 11.8. The molecule has 1 aromatic heterocycles. The van der Waals surface area contributed by atoms with Gasteiger partial charge in [0.2, 0.25) is 5.95 Å². The van der Waals surface area contributed by atoms with Crippen LogP contribution in [0.2, 0.25) is 0 Å². The number of hydrogen-bond donors (Lipinski definition) is 2. The maximum absolute atomic E-state index is 10.2. The van der Waals surface area contributed by atoms with Crippen molar-refractivity contribution in [3.8, 4) is 5.75 Å². The van der Waals surface area contributed by atoms with Crippen LogP contribution in [0.5, 0.6) is 5.75 Å². The molecule has 2 N–H and O–H groups in total. The smallest absolute Gasteiger partial charge is 0.225 e. The Hall–Kier alpha value is -2.18. The van der Waals surface area contributed by atoms with Gasteiger partial charge in [0.25, 0.3) is 0 Å². The highest BCUT2D eigenvalue weighted by atomic mass is 16.5. The summed E-state index contributed by atoms with van der Waals surface area (Å²) in [6, 6.07) is 7.45. The second-order valence-corrected chi connectivity index (χ2v) is 6.01. The summed E-state index contributed by atoms with van der Waals surface area (Å²) < 4.78 is 5.12. The Kier molecular flexibility index (Phi) is 5.61. The van der Waals surface area contributed by atoms with Crippen molar-refractivity contribution in [3.63, 3.8) is 0 Å². The molecule has 0 spiro atoms. The number of hydrogen-bond acceptors (Lipinski definition) is 6. The fourth-order valence-electron chi connectivity index (χ4n) is 2.82. The summed E-state index contributed by atoms with van der Waals surface area (Å²) in [4.78, 5) is 11.1. The van der Waals surface area contributed by atoms with E-state index in [1.807, 2.05) is 36.7 Å². The van der Waals surface area contributed by atoms with Gasteiger partial charge in [-0.2, -0.15) is 0 Å². The first-order valence-corrected chi connectivity index (χ1v) is 8.35. The van der Waals surface area contributed by atoms with Crippen LogP contribution in [0.25, 0.3) is 0 Å². The maximum atomic E-state index is 10.2. The Morgan fingerprint density at radius 1 is 1.17 bits per heavy atom. The van der Waals surface area contributed by atoms with Gasteiger partial charge in [0.15, 0.2) is 0 Å². The topological polar surface area (TPSA) is 70.5 Å². The lowest BCUT2D eigenvalue weighted by Crippen LogP contribution is -2.22. The van der Waals surface area contributed by atoms with Crippen molar-refractivity contribution in [1.29, 1.82) is 0 Å². The van der Waals surface area contributed by atoms with Gasteiger partial charge in [0.1, 0.15) is 5.75 Å². The number of rotatable bonds is 7. The molecule has 1 saturated heterocycles. The van der Waals surface area contributed by atoms with Gasteiger partial charge in [-0.05, 0) is 30.5 Å². The predicted octanol–water partition coefficient (Wildman–Crippen LogP) is 1.91. The number of nitrogens with zero attached hydrogens (tertiary/aromatic N) is 3. The van der Waals surface area contributed by atoms with Crippen LogP contribution in [0.15, 0.2) is 36.7 Å². The molecule has 128 valence electrons. The van der Waals surface area contributed by atoms with Crippen molar-refractivity contribution in [3.05, 3.63) is 47.8 Å². The second-order valence-electron chi connectivity index (χ2n) is 6.01. The van der Waals surface area contributed by atoms with E-state index in [0.717, 1.165) is 35.9 Å². The summed E-state index contributed by atoms with van der Waals surface area (Å²) >= 11 is 0. The molecule has 0 bridgehead atoms. The van der Waals surface area contributed by atoms with Gasteiger partial charge < -0.3 is 20.1 Å². The normalized spacial score (nSPS) is 15.5. The number of methoxy groups -OCH3 is 1. The van der Waals surface area contributed by atoms with E-state index in [2.05, 4.69) is 20.2 Å². The molecule has 6 nitrogen and oxygen atoms in total. The molecular weight excluding hydrogens is 304 g/mol. The molecule has 0 unspecified atom stereocenters. The highest BCUT2D eigenvalue weighted by molar-refractivity contribution is 5.31. The van der Waals surface area contributed by atoms with E-state index in [-0.39, 0.29) is 0 Å². The summed E-state index contributed by atoms with van der Waals surface area (Å²) in [7, 11) is 1.63. The Bertz CT molecular complexity index is 624. The van der Waals surface area contributed by atoms with Crippen molar-refractivity contribution in [2.45, 2.75) is 25.5 Å². The zero-order chi connectivity index (χ0) is 16.8. The van der Waals surface area contributed by atoms with Crippen LogP contribution in [-0.2, 0) is 6.54 Å². The number of aliphatic hydroxyl groups is 1. The van der Waals surface area contributed by atoms with E-state index in [0.29, 0.717) is 13.1 Å². The summed E-state index contributed by atoms with van der Waals surface area (Å²) in [5.74, 6) is 1.60. The van der Waals surface area contributed by atoms with Gasteiger partial charge in [-0.25, -0.2) is 9.97 Å². The molecule has 2 aromatic rings. The molecule has 1 aromatic carbocycles. The maximum Gasteiger partial charge on any atom is 0.225 e. The van der Waals surface area contributed by atoms with Gasteiger partial charge in [-0.3, -0.25) is 0 Å². The lowest BCUT2D eigenvalue weighted by atomic mass is 10.1. The predicted molar refractivity (Wildman–Crippen MR) is 93.1 cm³/mol. The molecule has 0 aliphatic carbocycles. The van der Waals surface area contributed by atoms with Crippen molar-refractivity contribution in [2.75, 3.05) is 31.6 Å². The lowest BCUT2D eigenvalue weighted by Gasteiger charge is -2.15. The number of aliphatic hydroxyl groups excluding tert-OH is 1. The molecule has 3 rings (SSSR count). The third-order valence-electron chi connectivity index (χ3n) is 4.25. The largest absolute Gasteiger partial charge is 0.497 e. The summed E-state index contributed by atoms with van der Waals surface area (Å²) in [6.07, 6.45) is 5.59. The third kappa shape index (κ3) is 4.21. The van der Waals surface area contributed by atoms with Crippen molar-refractivity contribution in [2.24, 2.45) is 0 Å².